The first-order valence-corrected chi connectivity index (χ1v) is 6.77. The summed E-state index contributed by atoms with van der Waals surface area (Å²) in [6, 6.07) is 0. The first-order chi connectivity index (χ1) is 8.08. The molecule has 5 heteroatoms. The van der Waals surface area contributed by atoms with Gasteiger partial charge in [0, 0.05) is 0 Å². The molecule has 2 rings (SSSR count). The summed E-state index contributed by atoms with van der Waals surface area (Å²) in [6.45, 7) is 4.53. The molecule has 1 aromatic heterocycles. The Morgan fingerprint density at radius 2 is 2.18 bits per heavy atom. The summed E-state index contributed by atoms with van der Waals surface area (Å²) in [6.07, 6.45) is 4.78. The fraction of sp³-hybridized carbons (Fsp3) is 0.667. The Morgan fingerprint density at radius 1 is 1.41 bits per heavy atom. The molecule has 3 atom stereocenters. The molecule has 1 saturated carbocycles. The van der Waals surface area contributed by atoms with Gasteiger partial charge in [0.25, 0.3) is 5.56 Å². The molecule has 0 spiro atoms. The summed E-state index contributed by atoms with van der Waals surface area (Å²) < 4.78 is 6.19. The molecule has 17 heavy (non-hydrogen) atoms. The topological polar surface area (TPSA) is 55.0 Å². The zero-order valence-electron chi connectivity index (χ0n) is 10.1. The molecule has 0 bridgehead atoms. The molecule has 0 saturated heterocycles. The van der Waals surface area contributed by atoms with Gasteiger partial charge in [-0.1, -0.05) is 13.8 Å². The molecule has 1 fully saturated rings. The molecule has 94 valence electrons. The molecule has 3 unspecified atom stereocenters. The molecule has 1 aliphatic rings. The maximum absolute atomic E-state index is 11.4. The molecule has 0 amide bonds. The third-order valence-electron chi connectivity index (χ3n) is 3.59. The van der Waals surface area contributed by atoms with E-state index in [0.717, 1.165) is 18.8 Å². The fourth-order valence-corrected chi connectivity index (χ4v) is 2.52. The van der Waals surface area contributed by atoms with Gasteiger partial charge in [0.05, 0.1) is 6.33 Å². The highest BCUT2D eigenvalue weighted by molar-refractivity contribution is 9.10. The lowest BCUT2D eigenvalue weighted by molar-refractivity contribution is 0.0954. The van der Waals surface area contributed by atoms with E-state index >= 15 is 0 Å². The normalized spacial score (nSPS) is 29.0. The van der Waals surface area contributed by atoms with Crippen LogP contribution < -0.4 is 10.3 Å². The van der Waals surface area contributed by atoms with Crippen LogP contribution in [-0.4, -0.2) is 16.1 Å². The van der Waals surface area contributed by atoms with Crippen molar-refractivity contribution in [2.75, 3.05) is 0 Å². The molecule has 1 N–H and O–H groups in total. The minimum absolute atomic E-state index is 0.173. The van der Waals surface area contributed by atoms with Crippen LogP contribution in [0, 0.1) is 11.8 Å². The van der Waals surface area contributed by atoms with E-state index in [1.54, 1.807) is 0 Å². The fourth-order valence-electron chi connectivity index (χ4n) is 2.21. The van der Waals surface area contributed by atoms with Crippen molar-refractivity contribution in [1.82, 2.24) is 9.97 Å². The van der Waals surface area contributed by atoms with Gasteiger partial charge in [-0.25, -0.2) is 4.98 Å². The SMILES string of the molecule is CC1CCC(Oc2nc[nH]c(=O)c2Br)CC1C. The lowest BCUT2D eigenvalue weighted by Gasteiger charge is -2.31. The average Bonchev–Trinajstić information content (AvgIpc) is 2.30. The molecule has 0 radical (unpaired) electrons. The second-order valence-electron chi connectivity index (χ2n) is 4.86. The summed E-state index contributed by atoms with van der Waals surface area (Å²) in [4.78, 5) is 17.9. The second kappa shape index (κ2) is 5.21. The van der Waals surface area contributed by atoms with Gasteiger partial charge >= 0.3 is 0 Å². The standard InChI is InChI=1S/C12H17BrN2O2/c1-7-3-4-9(5-8(7)2)17-12-10(13)11(16)14-6-15-12/h6-9H,3-5H2,1-2H3,(H,14,15,16). The van der Waals surface area contributed by atoms with Gasteiger partial charge in [-0.05, 0) is 47.0 Å². The summed E-state index contributed by atoms with van der Waals surface area (Å²) in [5.74, 6) is 1.82. The quantitative estimate of drug-likeness (QED) is 0.914. The molecule has 0 aromatic carbocycles. The van der Waals surface area contributed by atoms with Gasteiger partial charge in [-0.2, -0.15) is 0 Å². The minimum Gasteiger partial charge on any atom is -0.473 e. The Labute approximate surface area is 109 Å². The van der Waals surface area contributed by atoms with E-state index in [1.165, 1.54) is 12.7 Å². The summed E-state index contributed by atoms with van der Waals surface area (Å²) >= 11 is 3.20. The van der Waals surface area contributed by atoms with Gasteiger partial charge in [0.1, 0.15) is 10.6 Å². The summed E-state index contributed by atoms with van der Waals surface area (Å²) in [5, 5.41) is 0. The Bertz CT molecular complexity index is 446. The third kappa shape index (κ3) is 2.89. The van der Waals surface area contributed by atoms with E-state index in [4.69, 9.17) is 4.74 Å². The van der Waals surface area contributed by atoms with E-state index in [2.05, 4.69) is 39.7 Å². The highest BCUT2D eigenvalue weighted by Gasteiger charge is 2.26. The van der Waals surface area contributed by atoms with Gasteiger partial charge in [0.15, 0.2) is 0 Å². The van der Waals surface area contributed by atoms with Crippen LogP contribution in [0.25, 0.3) is 0 Å². The molecule has 4 nitrogen and oxygen atoms in total. The zero-order chi connectivity index (χ0) is 12.4. The number of H-pyrrole nitrogens is 1. The number of hydrogen-bond donors (Lipinski definition) is 1. The first-order valence-electron chi connectivity index (χ1n) is 5.97. The predicted octanol–water partition coefficient (Wildman–Crippen LogP) is 2.74. The molecule has 1 heterocycles. The van der Waals surface area contributed by atoms with Crippen molar-refractivity contribution in [1.29, 1.82) is 0 Å². The first kappa shape index (κ1) is 12.6. The lowest BCUT2D eigenvalue weighted by Crippen LogP contribution is -2.29. The van der Waals surface area contributed by atoms with Gasteiger partial charge in [-0.3, -0.25) is 4.79 Å². The van der Waals surface area contributed by atoms with Crippen molar-refractivity contribution in [3.05, 3.63) is 21.2 Å². The number of halogens is 1. The molecule has 1 aliphatic carbocycles. The van der Waals surface area contributed by atoms with Gasteiger partial charge in [-0.15, -0.1) is 0 Å². The molecular weight excluding hydrogens is 284 g/mol. The minimum atomic E-state index is -0.202. The number of nitrogens with zero attached hydrogens (tertiary/aromatic N) is 1. The second-order valence-corrected chi connectivity index (χ2v) is 5.65. The monoisotopic (exact) mass is 300 g/mol. The Hall–Kier alpha value is -0.840. The van der Waals surface area contributed by atoms with Crippen molar-refractivity contribution >= 4 is 15.9 Å². The Balaban J connectivity index is 2.06. The Kier molecular flexibility index (Phi) is 3.86. The van der Waals surface area contributed by atoms with Crippen LogP contribution in [0.1, 0.15) is 33.1 Å². The number of ether oxygens (including phenoxy) is 1. The largest absolute Gasteiger partial charge is 0.473 e. The van der Waals surface area contributed by atoms with Gasteiger partial charge < -0.3 is 9.72 Å². The Morgan fingerprint density at radius 3 is 2.88 bits per heavy atom. The van der Waals surface area contributed by atoms with E-state index in [1.807, 2.05) is 0 Å². The van der Waals surface area contributed by atoms with E-state index in [0.29, 0.717) is 16.3 Å². The van der Waals surface area contributed by atoms with Gasteiger partial charge in [0.2, 0.25) is 5.88 Å². The number of aromatic nitrogens is 2. The van der Waals surface area contributed by atoms with Crippen molar-refractivity contribution < 1.29 is 4.74 Å². The average molecular weight is 301 g/mol. The maximum Gasteiger partial charge on any atom is 0.268 e. The van der Waals surface area contributed by atoms with Crippen LogP contribution in [0.2, 0.25) is 0 Å². The lowest BCUT2D eigenvalue weighted by atomic mass is 9.80. The van der Waals surface area contributed by atoms with E-state index in [9.17, 15) is 4.79 Å². The predicted molar refractivity (Wildman–Crippen MR) is 69.2 cm³/mol. The van der Waals surface area contributed by atoms with Crippen molar-refractivity contribution in [3.8, 4) is 5.88 Å². The maximum atomic E-state index is 11.4. The van der Waals surface area contributed by atoms with Crippen LogP contribution in [0.3, 0.4) is 0 Å². The van der Waals surface area contributed by atoms with Crippen LogP contribution >= 0.6 is 15.9 Å². The number of aromatic amines is 1. The van der Waals surface area contributed by atoms with Crippen molar-refractivity contribution in [2.24, 2.45) is 11.8 Å². The summed E-state index contributed by atoms with van der Waals surface area (Å²) in [7, 11) is 0. The van der Waals surface area contributed by atoms with Crippen LogP contribution in [0.15, 0.2) is 15.6 Å². The smallest absolute Gasteiger partial charge is 0.268 e. The number of nitrogens with one attached hydrogen (secondary N) is 1. The highest BCUT2D eigenvalue weighted by atomic mass is 79.9. The van der Waals surface area contributed by atoms with Crippen molar-refractivity contribution in [2.45, 2.75) is 39.2 Å². The van der Waals surface area contributed by atoms with E-state index in [-0.39, 0.29) is 11.7 Å². The molecule has 0 aliphatic heterocycles. The number of rotatable bonds is 2. The molecular formula is C12H17BrN2O2. The van der Waals surface area contributed by atoms with E-state index < -0.39 is 0 Å². The zero-order valence-corrected chi connectivity index (χ0v) is 11.7. The molecule has 1 aromatic rings. The van der Waals surface area contributed by atoms with Crippen LogP contribution in [0.5, 0.6) is 5.88 Å². The number of hydrogen-bond acceptors (Lipinski definition) is 3. The summed E-state index contributed by atoms with van der Waals surface area (Å²) in [5.41, 5.74) is -0.202. The van der Waals surface area contributed by atoms with Crippen LogP contribution in [0.4, 0.5) is 0 Å². The highest BCUT2D eigenvalue weighted by Crippen LogP contribution is 2.32. The van der Waals surface area contributed by atoms with Crippen molar-refractivity contribution in [3.63, 3.8) is 0 Å². The third-order valence-corrected chi connectivity index (χ3v) is 4.29. The van der Waals surface area contributed by atoms with Crippen LogP contribution in [-0.2, 0) is 0 Å².